The molecule has 0 amide bonds. The molecule has 0 heterocycles. The van der Waals surface area contributed by atoms with E-state index in [2.05, 4.69) is 10.6 Å². The van der Waals surface area contributed by atoms with Crippen LogP contribution in [0.2, 0.25) is 0 Å². The Morgan fingerprint density at radius 2 is 2.11 bits per heavy atom. The zero-order valence-corrected chi connectivity index (χ0v) is 10.7. The molecule has 0 aliphatic rings. The monoisotopic (exact) mass is 253 g/mol. The van der Waals surface area contributed by atoms with Crippen LogP contribution in [0, 0.1) is 17.0 Å². The molecule has 0 aliphatic carbocycles. The number of rotatable bonds is 8. The molecule has 0 saturated heterocycles. The summed E-state index contributed by atoms with van der Waals surface area (Å²) in [5.41, 5.74) is 1.71. The van der Waals surface area contributed by atoms with E-state index in [9.17, 15) is 10.1 Å². The van der Waals surface area contributed by atoms with E-state index in [1.54, 1.807) is 26.2 Å². The van der Waals surface area contributed by atoms with Gasteiger partial charge in [-0.3, -0.25) is 10.1 Å². The number of benzene rings is 1. The molecular formula is C12H19N3O3. The van der Waals surface area contributed by atoms with Crippen LogP contribution in [0.3, 0.4) is 0 Å². The zero-order chi connectivity index (χ0) is 13.4. The average Bonchev–Trinajstić information content (AvgIpc) is 2.33. The standard InChI is InChI=1S/C12H19N3O3/c1-10-9-11(3-4-12(10)15(16)17)14-6-5-13-7-8-18-2/h3-4,9,13-14H,5-8H2,1-2H3. The van der Waals surface area contributed by atoms with Crippen molar-refractivity contribution in [2.24, 2.45) is 0 Å². The lowest BCUT2D eigenvalue weighted by molar-refractivity contribution is -0.385. The van der Waals surface area contributed by atoms with Gasteiger partial charge >= 0.3 is 0 Å². The molecule has 18 heavy (non-hydrogen) atoms. The number of nitrogens with zero attached hydrogens (tertiary/aromatic N) is 1. The summed E-state index contributed by atoms with van der Waals surface area (Å²) >= 11 is 0. The fraction of sp³-hybridized carbons (Fsp3) is 0.500. The van der Waals surface area contributed by atoms with Gasteiger partial charge in [0.05, 0.1) is 11.5 Å². The third-order valence-electron chi connectivity index (χ3n) is 2.51. The summed E-state index contributed by atoms with van der Waals surface area (Å²) in [4.78, 5) is 10.3. The lowest BCUT2D eigenvalue weighted by Gasteiger charge is -2.08. The van der Waals surface area contributed by atoms with Crippen LogP contribution < -0.4 is 10.6 Å². The average molecular weight is 253 g/mol. The van der Waals surface area contributed by atoms with Gasteiger partial charge in [0.25, 0.3) is 5.69 Å². The van der Waals surface area contributed by atoms with Crippen molar-refractivity contribution >= 4 is 11.4 Å². The van der Waals surface area contributed by atoms with Crippen molar-refractivity contribution in [2.45, 2.75) is 6.92 Å². The molecule has 0 unspecified atom stereocenters. The quantitative estimate of drug-likeness (QED) is 0.417. The number of hydrogen-bond acceptors (Lipinski definition) is 5. The summed E-state index contributed by atoms with van der Waals surface area (Å²) in [7, 11) is 1.67. The second-order valence-electron chi connectivity index (χ2n) is 3.93. The van der Waals surface area contributed by atoms with Gasteiger partial charge < -0.3 is 15.4 Å². The molecule has 0 aromatic heterocycles. The highest BCUT2D eigenvalue weighted by Crippen LogP contribution is 2.21. The first kappa shape index (κ1) is 14.4. The summed E-state index contributed by atoms with van der Waals surface area (Å²) in [5.74, 6) is 0. The Morgan fingerprint density at radius 1 is 1.33 bits per heavy atom. The molecule has 1 aromatic rings. The molecular weight excluding hydrogens is 234 g/mol. The molecule has 1 aromatic carbocycles. The molecule has 0 saturated carbocycles. The van der Waals surface area contributed by atoms with Gasteiger partial charge in [0.1, 0.15) is 0 Å². The molecule has 0 radical (unpaired) electrons. The van der Waals surface area contributed by atoms with E-state index in [-0.39, 0.29) is 10.6 Å². The van der Waals surface area contributed by atoms with Gasteiger partial charge in [-0.15, -0.1) is 0 Å². The van der Waals surface area contributed by atoms with Crippen molar-refractivity contribution in [2.75, 3.05) is 38.7 Å². The Labute approximate surface area is 106 Å². The minimum atomic E-state index is -0.370. The minimum Gasteiger partial charge on any atom is -0.384 e. The van der Waals surface area contributed by atoms with Gasteiger partial charge in [0, 0.05) is 44.1 Å². The molecule has 2 N–H and O–H groups in total. The maximum absolute atomic E-state index is 10.7. The van der Waals surface area contributed by atoms with Crippen LogP contribution in [0.25, 0.3) is 0 Å². The first-order valence-electron chi connectivity index (χ1n) is 5.83. The van der Waals surface area contributed by atoms with Crippen LogP contribution in [-0.2, 0) is 4.74 Å². The molecule has 6 nitrogen and oxygen atoms in total. The van der Waals surface area contributed by atoms with Crippen LogP contribution in [0.1, 0.15) is 5.56 Å². The summed E-state index contributed by atoms with van der Waals surface area (Å²) < 4.78 is 4.91. The Bertz CT molecular complexity index is 396. The topological polar surface area (TPSA) is 76.4 Å². The molecule has 0 spiro atoms. The lowest BCUT2D eigenvalue weighted by Crippen LogP contribution is -2.25. The Hall–Kier alpha value is -1.66. The normalized spacial score (nSPS) is 10.3. The van der Waals surface area contributed by atoms with Crippen LogP contribution in [-0.4, -0.2) is 38.3 Å². The number of aryl methyl sites for hydroxylation is 1. The van der Waals surface area contributed by atoms with Crippen molar-refractivity contribution in [1.82, 2.24) is 5.32 Å². The van der Waals surface area contributed by atoms with Crippen molar-refractivity contribution in [3.05, 3.63) is 33.9 Å². The number of nitro groups is 1. The van der Waals surface area contributed by atoms with E-state index in [1.165, 1.54) is 6.07 Å². The summed E-state index contributed by atoms with van der Waals surface area (Å²) in [5, 5.41) is 17.1. The minimum absolute atomic E-state index is 0.152. The van der Waals surface area contributed by atoms with Gasteiger partial charge in [0.15, 0.2) is 0 Å². The highest BCUT2D eigenvalue weighted by atomic mass is 16.6. The van der Waals surface area contributed by atoms with Crippen molar-refractivity contribution in [3.63, 3.8) is 0 Å². The van der Waals surface area contributed by atoms with E-state index in [0.29, 0.717) is 12.2 Å². The maximum atomic E-state index is 10.7. The Balaban J connectivity index is 2.35. The van der Waals surface area contributed by atoms with Gasteiger partial charge in [0.2, 0.25) is 0 Å². The molecule has 0 aliphatic heterocycles. The zero-order valence-electron chi connectivity index (χ0n) is 10.7. The first-order chi connectivity index (χ1) is 8.65. The molecule has 0 bridgehead atoms. The summed E-state index contributed by atoms with van der Waals surface area (Å²) in [6.07, 6.45) is 0. The fourth-order valence-corrected chi connectivity index (χ4v) is 1.56. The van der Waals surface area contributed by atoms with Crippen molar-refractivity contribution in [3.8, 4) is 0 Å². The van der Waals surface area contributed by atoms with E-state index in [4.69, 9.17) is 4.74 Å². The van der Waals surface area contributed by atoms with E-state index in [1.807, 2.05) is 0 Å². The molecule has 6 heteroatoms. The number of anilines is 1. The molecule has 0 atom stereocenters. The molecule has 0 fully saturated rings. The number of nitro benzene ring substituents is 1. The lowest BCUT2D eigenvalue weighted by atomic mass is 10.2. The second kappa shape index (κ2) is 7.62. The van der Waals surface area contributed by atoms with Gasteiger partial charge in [-0.25, -0.2) is 0 Å². The van der Waals surface area contributed by atoms with Crippen LogP contribution in [0.4, 0.5) is 11.4 Å². The van der Waals surface area contributed by atoms with Gasteiger partial charge in [-0.2, -0.15) is 0 Å². The number of methoxy groups -OCH3 is 1. The van der Waals surface area contributed by atoms with E-state index >= 15 is 0 Å². The first-order valence-corrected chi connectivity index (χ1v) is 5.83. The van der Waals surface area contributed by atoms with E-state index in [0.717, 1.165) is 25.3 Å². The summed E-state index contributed by atoms with van der Waals surface area (Å²) in [6, 6.07) is 5.03. The second-order valence-corrected chi connectivity index (χ2v) is 3.93. The Kier molecular flexibility index (Phi) is 6.10. The number of ether oxygens (including phenoxy) is 1. The molecule has 1 rings (SSSR count). The maximum Gasteiger partial charge on any atom is 0.272 e. The van der Waals surface area contributed by atoms with Crippen LogP contribution in [0.15, 0.2) is 18.2 Å². The van der Waals surface area contributed by atoms with E-state index < -0.39 is 0 Å². The van der Waals surface area contributed by atoms with Crippen molar-refractivity contribution < 1.29 is 9.66 Å². The van der Waals surface area contributed by atoms with Crippen molar-refractivity contribution in [1.29, 1.82) is 0 Å². The summed E-state index contributed by atoms with van der Waals surface area (Å²) in [6.45, 7) is 4.83. The molecule has 100 valence electrons. The SMILES string of the molecule is COCCNCCNc1ccc([N+](=O)[O-])c(C)c1. The number of hydrogen-bond donors (Lipinski definition) is 2. The number of nitrogens with one attached hydrogen (secondary N) is 2. The smallest absolute Gasteiger partial charge is 0.272 e. The van der Waals surface area contributed by atoms with Gasteiger partial charge in [-0.1, -0.05) is 0 Å². The fourth-order valence-electron chi connectivity index (χ4n) is 1.56. The predicted molar refractivity (Wildman–Crippen MR) is 71.1 cm³/mol. The largest absolute Gasteiger partial charge is 0.384 e. The highest BCUT2D eigenvalue weighted by Gasteiger charge is 2.09. The Morgan fingerprint density at radius 3 is 2.72 bits per heavy atom. The highest BCUT2D eigenvalue weighted by molar-refractivity contribution is 5.53. The van der Waals surface area contributed by atoms with Crippen LogP contribution in [0.5, 0.6) is 0 Å². The van der Waals surface area contributed by atoms with Gasteiger partial charge in [-0.05, 0) is 19.1 Å². The third kappa shape index (κ3) is 4.68. The van der Waals surface area contributed by atoms with Crippen LogP contribution >= 0.6 is 0 Å². The predicted octanol–water partition coefficient (Wildman–Crippen LogP) is 1.55. The third-order valence-corrected chi connectivity index (χ3v) is 2.51.